The molecule has 0 amide bonds. The van der Waals surface area contributed by atoms with Crippen molar-refractivity contribution < 1.29 is 9.63 Å². The Kier molecular flexibility index (Phi) is 3.17. The van der Waals surface area contributed by atoms with Gasteiger partial charge in [0.2, 0.25) is 5.89 Å². The number of aliphatic hydroxyl groups is 1. The smallest absolute Gasteiger partial charge is 0.248 e. The van der Waals surface area contributed by atoms with Crippen LogP contribution in [0.1, 0.15) is 52.0 Å². The van der Waals surface area contributed by atoms with Gasteiger partial charge >= 0.3 is 0 Å². The highest BCUT2D eigenvalue weighted by atomic mass is 16.5. The van der Waals surface area contributed by atoms with Crippen molar-refractivity contribution in [1.82, 2.24) is 25.1 Å². The van der Waals surface area contributed by atoms with Crippen LogP contribution in [0.5, 0.6) is 0 Å². The zero-order chi connectivity index (χ0) is 14.3. The molecule has 0 aliphatic heterocycles. The largest absolute Gasteiger partial charge is 0.384 e. The summed E-state index contributed by atoms with van der Waals surface area (Å²) in [5, 5.41) is 21.6. The first-order chi connectivity index (χ1) is 8.66. The van der Waals surface area contributed by atoms with E-state index in [4.69, 9.17) is 4.52 Å². The van der Waals surface area contributed by atoms with Gasteiger partial charge in [0.1, 0.15) is 17.8 Å². The highest BCUT2D eigenvalue weighted by Gasteiger charge is 2.22. The minimum atomic E-state index is -1.01. The Bertz CT molecular complexity index is 509. The van der Waals surface area contributed by atoms with Gasteiger partial charge in [0.25, 0.3) is 0 Å². The van der Waals surface area contributed by atoms with E-state index in [9.17, 15) is 5.11 Å². The summed E-state index contributed by atoms with van der Waals surface area (Å²) in [6.45, 7) is 9.71. The predicted molar refractivity (Wildman–Crippen MR) is 67.4 cm³/mol. The summed E-state index contributed by atoms with van der Waals surface area (Å²) in [6.07, 6.45) is 1.67. The zero-order valence-electron chi connectivity index (χ0n) is 11.9. The molecule has 1 N–H and O–H groups in total. The van der Waals surface area contributed by atoms with Crippen molar-refractivity contribution in [1.29, 1.82) is 0 Å². The van der Waals surface area contributed by atoms with Gasteiger partial charge in [0.15, 0.2) is 5.82 Å². The van der Waals surface area contributed by atoms with Crippen LogP contribution in [0, 0.1) is 0 Å². The Morgan fingerprint density at radius 1 is 1.26 bits per heavy atom. The van der Waals surface area contributed by atoms with E-state index in [1.807, 2.05) is 20.8 Å². The van der Waals surface area contributed by atoms with Crippen LogP contribution in [0.25, 0.3) is 0 Å². The van der Waals surface area contributed by atoms with Crippen LogP contribution in [0.4, 0.5) is 0 Å². The van der Waals surface area contributed by atoms with Crippen LogP contribution in [0.2, 0.25) is 0 Å². The molecule has 0 spiro atoms. The third kappa shape index (κ3) is 3.17. The quantitative estimate of drug-likeness (QED) is 0.897. The van der Waals surface area contributed by atoms with Crippen molar-refractivity contribution in [3.63, 3.8) is 0 Å². The molecular weight excluding hydrogens is 246 g/mol. The zero-order valence-corrected chi connectivity index (χ0v) is 11.9. The van der Waals surface area contributed by atoms with Gasteiger partial charge in [0.05, 0.1) is 6.20 Å². The molecule has 2 heterocycles. The van der Waals surface area contributed by atoms with Gasteiger partial charge in [-0.15, -0.1) is 5.10 Å². The SMILES string of the molecule is CC(C)(C)c1noc(Cn2cc(C(C)(C)O)nn2)n1. The lowest BCUT2D eigenvalue weighted by atomic mass is 9.96. The van der Waals surface area contributed by atoms with Crippen LogP contribution in [0.15, 0.2) is 10.7 Å². The van der Waals surface area contributed by atoms with Gasteiger partial charge < -0.3 is 9.63 Å². The first-order valence-electron chi connectivity index (χ1n) is 6.12. The lowest BCUT2D eigenvalue weighted by Gasteiger charge is -2.11. The summed E-state index contributed by atoms with van der Waals surface area (Å²) >= 11 is 0. The third-order valence-corrected chi connectivity index (χ3v) is 2.60. The minimum Gasteiger partial charge on any atom is -0.384 e. The van der Waals surface area contributed by atoms with Gasteiger partial charge in [-0.05, 0) is 13.8 Å². The van der Waals surface area contributed by atoms with E-state index in [0.29, 0.717) is 24.0 Å². The molecule has 0 bridgehead atoms. The molecule has 2 aromatic rings. The maximum absolute atomic E-state index is 9.81. The topological polar surface area (TPSA) is 89.9 Å². The standard InChI is InChI=1S/C12H19N5O2/c1-11(2,3)10-13-9(19-15-10)7-17-6-8(14-16-17)12(4,5)18/h6,18H,7H2,1-5H3. The molecule has 0 saturated heterocycles. The van der Waals surface area contributed by atoms with E-state index in [2.05, 4.69) is 20.5 Å². The highest BCUT2D eigenvalue weighted by molar-refractivity contribution is 5.04. The molecule has 7 nitrogen and oxygen atoms in total. The number of hydrogen-bond acceptors (Lipinski definition) is 6. The first-order valence-corrected chi connectivity index (χ1v) is 6.12. The molecule has 2 aromatic heterocycles. The fraction of sp³-hybridized carbons (Fsp3) is 0.667. The molecule has 0 radical (unpaired) electrons. The van der Waals surface area contributed by atoms with Gasteiger partial charge in [-0.3, -0.25) is 0 Å². The van der Waals surface area contributed by atoms with Crippen LogP contribution in [-0.2, 0) is 17.6 Å². The molecule has 0 aromatic carbocycles. The van der Waals surface area contributed by atoms with Gasteiger partial charge in [-0.1, -0.05) is 31.1 Å². The summed E-state index contributed by atoms with van der Waals surface area (Å²) < 4.78 is 6.74. The summed E-state index contributed by atoms with van der Waals surface area (Å²) in [5.74, 6) is 1.13. The van der Waals surface area contributed by atoms with E-state index in [0.717, 1.165) is 0 Å². The van der Waals surface area contributed by atoms with E-state index >= 15 is 0 Å². The Balaban J connectivity index is 2.14. The maximum atomic E-state index is 9.81. The Labute approximate surface area is 111 Å². The first kappa shape index (κ1) is 13.7. The molecule has 104 valence electrons. The highest BCUT2D eigenvalue weighted by Crippen LogP contribution is 2.19. The molecule has 2 rings (SSSR count). The van der Waals surface area contributed by atoms with E-state index < -0.39 is 5.60 Å². The summed E-state index contributed by atoms with van der Waals surface area (Å²) in [5.41, 5.74) is -0.658. The van der Waals surface area contributed by atoms with Crippen molar-refractivity contribution in [3.8, 4) is 0 Å². The number of aromatic nitrogens is 5. The maximum Gasteiger partial charge on any atom is 0.248 e. The number of rotatable bonds is 3. The van der Waals surface area contributed by atoms with Crippen molar-refractivity contribution in [2.75, 3.05) is 0 Å². The van der Waals surface area contributed by atoms with Gasteiger partial charge in [-0.25, -0.2) is 4.68 Å². The van der Waals surface area contributed by atoms with Crippen LogP contribution >= 0.6 is 0 Å². The summed E-state index contributed by atoms with van der Waals surface area (Å²) in [4.78, 5) is 4.32. The molecule has 0 atom stereocenters. The molecule has 0 aliphatic rings. The second kappa shape index (κ2) is 4.41. The second-order valence-electron chi connectivity index (χ2n) is 6.12. The molecule has 0 saturated carbocycles. The lowest BCUT2D eigenvalue weighted by Crippen LogP contribution is -2.15. The monoisotopic (exact) mass is 265 g/mol. The fourth-order valence-electron chi connectivity index (χ4n) is 1.42. The Hall–Kier alpha value is -1.76. The van der Waals surface area contributed by atoms with Crippen molar-refractivity contribution in [2.45, 2.75) is 52.2 Å². The summed E-state index contributed by atoms with van der Waals surface area (Å²) in [6, 6.07) is 0. The molecule has 19 heavy (non-hydrogen) atoms. The van der Waals surface area contributed by atoms with Crippen LogP contribution < -0.4 is 0 Å². The normalized spacial score (nSPS) is 12.9. The summed E-state index contributed by atoms with van der Waals surface area (Å²) in [7, 11) is 0. The van der Waals surface area contributed by atoms with E-state index in [1.54, 1.807) is 24.7 Å². The van der Waals surface area contributed by atoms with Crippen LogP contribution in [0.3, 0.4) is 0 Å². The molecule has 0 unspecified atom stereocenters. The Morgan fingerprint density at radius 2 is 1.95 bits per heavy atom. The lowest BCUT2D eigenvalue weighted by molar-refractivity contribution is 0.0737. The van der Waals surface area contributed by atoms with Gasteiger partial charge in [0, 0.05) is 5.41 Å². The average Bonchev–Trinajstić information content (AvgIpc) is 2.84. The van der Waals surface area contributed by atoms with Gasteiger partial charge in [-0.2, -0.15) is 4.98 Å². The fourth-order valence-corrected chi connectivity index (χ4v) is 1.42. The predicted octanol–water partition coefficient (Wildman–Crippen LogP) is 1.23. The minimum absolute atomic E-state index is 0.150. The van der Waals surface area contributed by atoms with Crippen LogP contribution in [-0.4, -0.2) is 30.2 Å². The Morgan fingerprint density at radius 3 is 2.42 bits per heavy atom. The second-order valence-corrected chi connectivity index (χ2v) is 6.12. The van der Waals surface area contributed by atoms with Crippen molar-refractivity contribution in [3.05, 3.63) is 23.6 Å². The van der Waals surface area contributed by atoms with E-state index in [1.165, 1.54) is 0 Å². The third-order valence-electron chi connectivity index (χ3n) is 2.60. The van der Waals surface area contributed by atoms with Crippen molar-refractivity contribution in [2.24, 2.45) is 0 Å². The number of nitrogens with zero attached hydrogens (tertiary/aromatic N) is 5. The van der Waals surface area contributed by atoms with Crippen molar-refractivity contribution >= 4 is 0 Å². The molecule has 7 heteroatoms. The molecular formula is C12H19N5O2. The average molecular weight is 265 g/mol. The number of hydrogen-bond donors (Lipinski definition) is 1. The van der Waals surface area contributed by atoms with E-state index in [-0.39, 0.29) is 5.41 Å². The molecule has 0 fully saturated rings. The molecule has 0 aliphatic carbocycles.